The molecule has 0 spiro atoms. The molecule has 0 aliphatic rings. The number of sulfone groups is 1. The Morgan fingerprint density at radius 1 is 1.28 bits per heavy atom. The minimum absolute atomic E-state index is 0.115. The van der Waals surface area contributed by atoms with Crippen LogP contribution in [-0.2, 0) is 9.84 Å². The lowest BCUT2D eigenvalue weighted by Gasteiger charge is -2.20. The van der Waals surface area contributed by atoms with Crippen LogP contribution in [0.4, 0.5) is 0 Å². The second kappa shape index (κ2) is 5.01. The van der Waals surface area contributed by atoms with Gasteiger partial charge in [0.2, 0.25) is 0 Å². The van der Waals surface area contributed by atoms with E-state index in [-0.39, 0.29) is 16.3 Å². The smallest absolute Gasteiger partial charge is 0.251 e. The molecule has 0 unspecified atom stereocenters. The summed E-state index contributed by atoms with van der Waals surface area (Å²) in [5.74, 6) is -0.292. The Morgan fingerprint density at radius 3 is 2.28 bits per heavy atom. The predicted molar refractivity (Wildman–Crippen MR) is 74.5 cm³/mol. The van der Waals surface area contributed by atoms with Gasteiger partial charge in [0.05, 0.1) is 4.90 Å². The van der Waals surface area contributed by atoms with Gasteiger partial charge in [0.15, 0.2) is 9.84 Å². The lowest BCUT2D eigenvalue weighted by Crippen LogP contribution is -2.40. The Bertz CT molecular complexity index is 573. The Balaban J connectivity index is 3.18. The van der Waals surface area contributed by atoms with Gasteiger partial charge in [-0.3, -0.25) is 4.79 Å². The quantitative estimate of drug-likeness (QED) is 0.903. The fourth-order valence-corrected chi connectivity index (χ4v) is 3.23. The van der Waals surface area contributed by atoms with Crippen molar-refractivity contribution in [2.45, 2.75) is 31.2 Å². The molecule has 6 heteroatoms. The van der Waals surface area contributed by atoms with Crippen molar-refractivity contribution < 1.29 is 13.2 Å². The van der Waals surface area contributed by atoms with Crippen molar-refractivity contribution in [2.24, 2.45) is 0 Å². The molecule has 1 rings (SSSR count). The topological polar surface area (TPSA) is 63.2 Å². The van der Waals surface area contributed by atoms with Gasteiger partial charge in [-0.1, -0.05) is 0 Å². The second-order valence-corrected chi connectivity index (χ2v) is 7.96. The number of carbonyl (C=O) groups excluding carboxylic acids is 1. The molecular formula is C12H16BrNO3S. The van der Waals surface area contributed by atoms with E-state index >= 15 is 0 Å². The van der Waals surface area contributed by atoms with Crippen LogP contribution in [0.1, 0.15) is 31.1 Å². The number of benzene rings is 1. The van der Waals surface area contributed by atoms with E-state index in [1.807, 2.05) is 20.8 Å². The number of rotatable bonds is 2. The molecule has 0 aliphatic carbocycles. The summed E-state index contributed by atoms with van der Waals surface area (Å²) >= 11 is 3.17. The molecule has 0 aromatic heterocycles. The zero-order valence-electron chi connectivity index (χ0n) is 10.7. The van der Waals surface area contributed by atoms with E-state index in [0.717, 1.165) is 6.26 Å². The van der Waals surface area contributed by atoms with E-state index in [1.165, 1.54) is 6.07 Å². The minimum atomic E-state index is -3.36. The van der Waals surface area contributed by atoms with Crippen molar-refractivity contribution in [1.29, 1.82) is 0 Å². The number of hydrogen-bond acceptors (Lipinski definition) is 3. The van der Waals surface area contributed by atoms with E-state index in [2.05, 4.69) is 21.2 Å². The van der Waals surface area contributed by atoms with Gasteiger partial charge in [-0.05, 0) is 54.9 Å². The third kappa shape index (κ3) is 4.10. The number of nitrogens with one attached hydrogen (secondary N) is 1. The highest BCUT2D eigenvalue weighted by Crippen LogP contribution is 2.23. The molecule has 0 aliphatic heterocycles. The van der Waals surface area contributed by atoms with Crippen molar-refractivity contribution in [2.75, 3.05) is 6.26 Å². The largest absolute Gasteiger partial charge is 0.347 e. The van der Waals surface area contributed by atoms with Crippen LogP contribution in [0.5, 0.6) is 0 Å². The standard InChI is InChI=1S/C12H16BrNO3S/c1-12(2,3)14-11(15)8-5-6-9(13)10(7-8)18(4,16)17/h5-7H,1-4H3,(H,14,15). The highest BCUT2D eigenvalue weighted by molar-refractivity contribution is 9.10. The first-order chi connectivity index (χ1) is 8.00. The number of carbonyl (C=O) groups is 1. The van der Waals surface area contributed by atoms with Crippen LogP contribution in [0.25, 0.3) is 0 Å². The van der Waals surface area contributed by atoms with E-state index in [9.17, 15) is 13.2 Å². The molecule has 0 atom stereocenters. The molecule has 100 valence electrons. The maximum absolute atomic E-state index is 11.9. The molecule has 0 bridgehead atoms. The molecule has 1 aromatic carbocycles. The average Bonchev–Trinajstić information content (AvgIpc) is 2.13. The maximum Gasteiger partial charge on any atom is 0.251 e. The summed E-state index contributed by atoms with van der Waals surface area (Å²) in [5, 5.41) is 2.78. The van der Waals surface area contributed by atoms with Crippen LogP contribution < -0.4 is 5.32 Å². The average molecular weight is 334 g/mol. The van der Waals surface area contributed by atoms with Crippen LogP contribution in [0, 0.1) is 0 Å². The third-order valence-electron chi connectivity index (χ3n) is 2.08. The van der Waals surface area contributed by atoms with Crippen molar-refractivity contribution >= 4 is 31.7 Å². The molecule has 0 radical (unpaired) electrons. The van der Waals surface area contributed by atoms with Crippen LogP contribution in [0.3, 0.4) is 0 Å². The van der Waals surface area contributed by atoms with E-state index in [4.69, 9.17) is 0 Å². The van der Waals surface area contributed by atoms with Crippen LogP contribution in [0.2, 0.25) is 0 Å². The van der Waals surface area contributed by atoms with Gasteiger partial charge in [0.25, 0.3) is 5.91 Å². The van der Waals surface area contributed by atoms with Crippen LogP contribution in [0.15, 0.2) is 27.6 Å². The zero-order valence-corrected chi connectivity index (χ0v) is 13.1. The lowest BCUT2D eigenvalue weighted by molar-refractivity contribution is 0.0919. The van der Waals surface area contributed by atoms with Crippen LogP contribution >= 0.6 is 15.9 Å². The van der Waals surface area contributed by atoms with Gasteiger partial charge in [-0.15, -0.1) is 0 Å². The SMILES string of the molecule is CC(C)(C)NC(=O)c1ccc(Br)c(S(C)(=O)=O)c1. The molecule has 18 heavy (non-hydrogen) atoms. The summed E-state index contributed by atoms with van der Waals surface area (Å²) in [6.45, 7) is 5.59. The second-order valence-electron chi connectivity index (χ2n) is 5.12. The lowest BCUT2D eigenvalue weighted by atomic mass is 10.1. The maximum atomic E-state index is 11.9. The van der Waals surface area contributed by atoms with Gasteiger partial charge in [0, 0.05) is 21.8 Å². The molecular weight excluding hydrogens is 318 g/mol. The number of halogens is 1. The van der Waals surface area contributed by atoms with Crippen molar-refractivity contribution in [3.8, 4) is 0 Å². The summed E-state index contributed by atoms with van der Waals surface area (Å²) in [6.07, 6.45) is 1.11. The van der Waals surface area contributed by atoms with Gasteiger partial charge in [0.1, 0.15) is 0 Å². The van der Waals surface area contributed by atoms with Crippen molar-refractivity contribution in [3.63, 3.8) is 0 Å². The molecule has 0 saturated carbocycles. The minimum Gasteiger partial charge on any atom is -0.347 e. The summed E-state index contributed by atoms with van der Waals surface area (Å²) in [6, 6.07) is 4.52. The first-order valence-electron chi connectivity index (χ1n) is 5.33. The molecule has 1 N–H and O–H groups in total. The van der Waals surface area contributed by atoms with Gasteiger partial charge in [-0.2, -0.15) is 0 Å². The molecule has 1 amide bonds. The summed E-state index contributed by atoms with van der Waals surface area (Å²) in [5.41, 5.74) is -0.0383. The highest BCUT2D eigenvalue weighted by Gasteiger charge is 2.18. The fourth-order valence-electron chi connectivity index (χ4n) is 1.34. The molecule has 4 nitrogen and oxygen atoms in total. The van der Waals surface area contributed by atoms with Gasteiger partial charge < -0.3 is 5.32 Å². The summed E-state index contributed by atoms with van der Waals surface area (Å²) < 4.78 is 23.6. The Hall–Kier alpha value is -0.880. The van der Waals surface area contributed by atoms with E-state index in [0.29, 0.717) is 10.0 Å². The fraction of sp³-hybridized carbons (Fsp3) is 0.417. The normalized spacial score (nSPS) is 12.3. The third-order valence-corrected chi connectivity index (χ3v) is 4.17. The Kier molecular flexibility index (Phi) is 4.23. The predicted octanol–water partition coefficient (Wildman–Crippen LogP) is 2.38. The molecule has 0 fully saturated rings. The van der Waals surface area contributed by atoms with Crippen molar-refractivity contribution in [1.82, 2.24) is 5.32 Å². The first kappa shape index (κ1) is 15.2. The zero-order chi connectivity index (χ0) is 14.1. The van der Waals surface area contributed by atoms with E-state index in [1.54, 1.807) is 12.1 Å². The molecule has 0 saturated heterocycles. The monoisotopic (exact) mass is 333 g/mol. The molecule has 0 heterocycles. The van der Waals surface area contributed by atoms with Crippen LogP contribution in [-0.4, -0.2) is 26.1 Å². The Labute approximate surface area is 116 Å². The molecule has 1 aromatic rings. The Morgan fingerprint density at radius 2 is 1.83 bits per heavy atom. The summed E-state index contributed by atoms with van der Waals surface area (Å²) in [4.78, 5) is 12.0. The van der Waals surface area contributed by atoms with Gasteiger partial charge in [-0.25, -0.2) is 8.42 Å². The van der Waals surface area contributed by atoms with Gasteiger partial charge >= 0.3 is 0 Å². The van der Waals surface area contributed by atoms with E-state index < -0.39 is 9.84 Å². The number of amides is 1. The number of hydrogen-bond donors (Lipinski definition) is 1. The first-order valence-corrected chi connectivity index (χ1v) is 8.01. The van der Waals surface area contributed by atoms with Crippen molar-refractivity contribution in [3.05, 3.63) is 28.2 Å². The highest BCUT2D eigenvalue weighted by atomic mass is 79.9. The summed E-state index contributed by atoms with van der Waals surface area (Å²) in [7, 11) is -3.36.